The second kappa shape index (κ2) is 9.59. The summed E-state index contributed by atoms with van der Waals surface area (Å²) in [7, 11) is 1.56. The van der Waals surface area contributed by atoms with Gasteiger partial charge < -0.3 is 10.2 Å². The predicted octanol–water partition coefficient (Wildman–Crippen LogP) is 2.91. The van der Waals surface area contributed by atoms with Crippen LogP contribution in [0.4, 0.5) is 0 Å². The zero-order valence-corrected chi connectivity index (χ0v) is 14.0. The van der Waals surface area contributed by atoms with Gasteiger partial charge in [-0.3, -0.25) is 0 Å². The van der Waals surface area contributed by atoms with E-state index in [2.05, 4.69) is 6.58 Å². The molecule has 0 aliphatic heterocycles. The Kier molecular flexibility index (Phi) is 9.96. The van der Waals surface area contributed by atoms with Crippen molar-refractivity contribution >= 4 is 28.2 Å². The lowest BCUT2D eigenvalue weighted by atomic mass is 10.1. The molecule has 2 unspecified atom stereocenters. The van der Waals surface area contributed by atoms with Gasteiger partial charge >= 0.3 is 6.00 Å². The first-order valence-electron chi connectivity index (χ1n) is 5.96. The van der Waals surface area contributed by atoms with Crippen molar-refractivity contribution in [2.24, 2.45) is 0 Å². The number of hydrogen-bond donors (Lipinski definition) is 2. The van der Waals surface area contributed by atoms with Gasteiger partial charge in [0.1, 0.15) is 0 Å². The monoisotopic (exact) mass is 335 g/mol. The third kappa shape index (κ3) is 8.75. The molecule has 0 aliphatic rings. The lowest BCUT2D eigenvalue weighted by molar-refractivity contribution is -0.816. The quantitative estimate of drug-likeness (QED) is 0.279. The second-order valence-electron chi connectivity index (χ2n) is 4.26. The fraction of sp³-hybridized carbons (Fsp3) is 0.818. The van der Waals surface area contributed by atoms with Crippen LogP contribution >= 0.6 is 22.2 Å². The highest BCUT2D eigenvalue weighted by Crippen LogP contribution is 2.27. The first kappa shape index (κ1) is 18.7. The highest BCUT2D eigenvalue weighted by Gasteiger charge is 2.51. The Morgan fingerprint density at radius 1 is 1.28 bits per heavy atom. The van der Waals surface area contributed by atoms with E-state index in [4.69, 9.17) is 26.4 Å². The van der Waals surface area contributed by atoms with Crippen molar-refractivity contribution in [3.63, 3.8) is 0 Å². The molecule has 108 valence electrons. The lowest BCUT2D eigenvalue weighted by Crippen LogP contribution is -2.39. The minimum Gasteiger partial charge on any atom is -0.390 e. The molecule has 0 aromatic carbocycles. The van der Waals surface area contributed by atoms with E-state index in [9.17, 15) is 10.2 Å². The van der Waals surface area contributed by atoms with Crippen LogP contribution in [-0.2, 0) is 4.29 Å². The normalized spacial score (nSPS) is 17.2. The highest BCUT2D eigenvalue weighted by atomic mass is 35.9. The van der Waals surface area contributed by atoms with Gasteiger partial charge in [-0.25, -0.2) is 0 Å². The van der Waals surface area contributed by atoms with Crippen LogP contribution in [0.3, 0.4) is 0 Å². The smallest absolute Gasteiger partial charge is 0.390 e. The van der Waals surface area contributed by atoms with Gasteiger partial charge in [-0.2, -0.15) is 0 Å². The third-order valence-electron chi connectivity index (χ3n) is 2.33. The molecule has 0 aromatic rings. The summed E-state index contributed by atoms with van der Waals surface area (Å²) in [6, 6.07) is -1.90. The van der Waals surface area contributed by atoms with Gasteiger partial charge in [0.15, 0.2) is 6.10 Å². The maximum atomic E-state index is 9.44. The van der Waals surface area contributed by atoms with E-state index in [0.717, 1.165) is 19.3 Å². The molecule has 0 radical (unpaired) electrons. The summed E-state index contributed by atoms with van der Waals surface area (Å²) in [6.45, 7) is 6.76. The van der Waals surface area contributed by atoms with E-state index < -0.39 is 24.3 Å². The number of aliphatic hydroxyl groups excluding tert-OH is 2. The molecule has 0 aromatic heterocycles. The molecule has 0 fully saturated rings. The van der Waals surface area contributed by atoms with Gasteiger partial charge in [0.05, 0.1) is 12.2 Å². The molecule has 0 bridgehead atoms. The summed E-state index contributed by atoms with van der Waals surface area (Å²) in [4.78, 5) is 0. The van der Waals surface area contributed by atoms with Gasteiger partial charge in [-0.15, -0.1) is 10.9 Å². The first-order chi connectivity index (χ1) is 8.30. The fourth-order valence-electron chi connectivity index (χ4n) is 1.32. The SMILES string of the molecule is C=CCCCC[Si](Cl)(Cl)[Cl+]OC(C(C)O)C(C)O. The zero-order chi connectivity index (χ0) is 14.2. The molecule has 7 heteroatoms. The number of unbranched alkanes of at least 4 members (excludes halogenated alkanes) is 2. The lowest BCUT2D eigenvalue weighted by Gasteiger charge is -2.17. The van der Waals surface area contributed by atoms with E-state index in [0.29, 0.717) is 6.04 Å². The topological polar surface area (TPSA) is 49.7 Å². The molecule has 0 aliphatic carbocycles. The summed E-state index contributed by atoms with van der Waals surface area (Å²) < 4.78 is 5.33. The number of rotatable bonds is 10. The average molecular weight is 337 g/mol. The molecule has 0 amide bonds. The molecule has 0 heterocycles. The first-order valence-corrected chi connectivity index (χ1v) is 11.5. The zero-order valence-electron chi connectivity index (χ0n) is 10.8. The van der Waals surface area contributed by atoms with E-state index in [1.54, 1.807) is 24.4 Å². The van der Waals surface area contributed by atoms with Crippen molar-refractivity contribution in [1.82, 2.24) is 0 Å². The van der Waals surface area contributed by atoms with E-state index >= 15 is 0 Å². The predicted molar refractivity (Wildman–Crippen MR) is 74.5 cm³/mol. The second-order valence-corrected chi connectivity index (χ2v) is 14.3. The van der Waals surface area contributed by atoms with Gasteiger partial charge in [-0.05, 0) is 33.1 Å². The molecular weight excluding hydrogens is 315 g/mol. The number of halogens is 3. The van der Waals surface area contributed by atoms with Crippen molar-refractivity contribution < 1.29 is 25.0 Å². The Bertz CT molecular complexity index is 230. The number of aliphatic hydroxyl groups is 2. The Morgan fingerprint density at radius 3 is 2.28 bits per heavy atom. The van der Waals surface area contributed by atoms with Gasteiger partial charge in [0.25, 0.3) is 10.5 Å². The maximum absolute atomic E-state index is 9.44. The van der Waals surface area contributed by atoms with Crippen LogP contribution in [0.5, 0.6) is 0 Å². The summed E-state index contributed by atoms with van der Waals surface area (Å²) in [5, 5.41) is 18.9. The van der Waals surface area contributed by atoms with E-state index in [-0.39, 0.29) is 0 Å². The standard InChI is InChI=1S/C11H22Cl3O3Si/c1-4-5-6-7-8-18(12,13)14-17-11(9(2)15)10(3)16/h4,9-11,15-16H,1,5-8H2,2-3H3/q+1. The van der Waals surface area contributed by atoms with Crippen LogP contribution in [0.1, 0.15) is 33.1 Å². The van der Waals surface area contributed by atoms with Crippen molar-refractivity contribution in [3.8, 4) is 0 Å². The van der Waals surface area contributed by atoms with Crippen LogP contribution in [0.25, 0.3) is 0 Å². The number of allylic oxidation sites excluding steroid dienone is 1. The molecule has 0 saturated heterocycles. The minimum atomic E-state index is -2.58. The molecule has 2 atom stereocenters. The van der Waals surface area contributed by atoms with Crippen molar-refractivity contribution in [3.05, 3.63) is 12.7 Å². The van der Waals surface area contributed by atoms with Gasteiger partial charge in [0.2, 0.25) is 0 Å². The van der Waals surface area contributed by atoms with Crippen LogP contribution in [0.2, 0.25) is 6.04 Å². The van der Waals surface area contributed by atoms with Crippen LogP contribution in [0.15, 0.2) is 12.7 Å². The van der Waals surface area contributed by atoms with E-state index in [1.807, 2.05) is 6.08 Å². The molecule has 0 spiro atoms. The van der Waals surface area contributed by atoms with Gasteiger partial charge in [0, 0.05) is 6.04 Å². The summed E-state index contributed by atoms with van der Waals surface area (Å²) in [5.41, 5.74) is 0. The van der Waals surface area contributed by atoms with Gasteiger partial charge in [-0.1, -0.05) is 28.2 Å². The molecule has 2 N–H and O–H groups in total. The Hall–Kier alpha value is 0.707. The van der Waals surface area contributed by atoms with E-state index in [1.165, 1.54) is 0 Å². The van der Waals surface area contributed by atoms with Crippen molar-refractivity contribution in [1.29, 1.82) is 0 Å². The van der Waals surface area contributed by atoms with Crippen LogP contribution in [0, 0.1) is 10.5 Å². The fourth-order valence-corrected chi connectivity index (χ4v) is 5.32. The maximum Gasteiger partial charge on any atom is 0.623 e. The molecule has 0 rings (SSSR count). The highest BCUT2D eigenvalue weighted by molar-refractivity contribution is 7.41. The molecule has 18 heavy (non-hydrogen) atoms. The van der Waals surface area contributed by atoms with Crippen LogP contribution in [-0.4, -0.2) is 34.5 Å². The minimum absolute atomic E-state index is 0.685. The Balaban J connectivity index is 4.03. The molecule has 3 nitrogen and oxygen atoms in total. The Labute approximate surface area is 123 Å². The average Bonchev–Trinajstić information content (AvgIpc) is 2.23. The molecule has 0 saturated carbocycles. The third-order valence-corrected chi connectivity index (χ3v) is 7.47. The number of hydrogen-bond acceptors (Lipinski definition) is 3. The Morgan fingerprint density at radius 2 is 1.83 bits per heavy atom. The largest absolute Gasteiger partial charge is 0.623 e. The summed E-state index contributed by atoms with van der Waals surface area (Å²) in [6.07, 6.45) is 2.46. The van der Waals surface area contributed by atoms with Crippen molar-refractivity contribution in [2.45, 2.75) is 57.5 Å². The molecular formula is C11H22Cl3O3Si+. The van der Waals surface area contributed by atoms with Crippen LogP contribution < -0.4 is 0 Å². The summed E-state index contributed by atoms with van der Waals surface area (Å²) >= 11 is 12.4. The van der Waals surface area contributed by atoms with Crippen molar-refractivity contribution in [2.75, 3.05) is 0 Å². The summed E-state index contributed by atoms with van der Waals surface area (Å²) in [5.74, 6) is 0.